The minimum atomic E-state index is -0.237. The Labute approximate surface area is 133 Å². The van der Waals surface area contributed by atoms with Gasteiger partial charge in [0.05, 0.1) is 12.5 Å². The highest BCUT2D eigenvalue weighted by molar-refractivity contribution is 5.93. The van der Waals surface area contributed by atoms with E-state index in [2.05, 4.69) is 11.1 Å². The molecule has 120 valence electrons. The molecule has 4 nitrogen and oxygen atoms in total. The molecule has 5 heteroatoms. The molecule has 1 aromatic heterocycles. The summed E-state index contributed by atoms with van der Waals surface area (Å²) in [6.45, 7) is 2.62. The molecule has 1 fully saturated rings. The third kappa shape index (κ3) is 2.65. The molecule has 0 spiro atoms. The van der Waals surface area contributed by atoms with Crippen LogP contribution >= 0.6 is 0 Å². The van der Waals surface area contributed by atoms with Crippen LogP contribution in [0.25, 0.3) is 16.5 Å². The van der Waals surface area contributed by atoms with Crippen molar-refractivity contribution in [1.82, 2.24) is 9.88 Å². The maximum absolute atomic E-state index is 13.3. The lowest BCUT2D eigenvalue weighted by Crippen LogP contribution is -2.39. The van der Waals surface area contributed by atoms with E-state index in [4.69, 9.17) is 4.74 Å². The van der Waals surface area contributed by atoms with Crippen molar-refractivity contribution >= 4 is 22.4 Å². The van der Waals surface area contributed by atoms with Crippen molar-refractivity contribution in [2.24, 2.45) is 5.92 Å². The third-order valence-corrected chi connectivity index (χ3v) is 4.79. The van der Waals surface area contributed by atoms with Gasteiger partial charge in [-0.2, -0.15) is 0 Å². The number of halogens is 1. The summed E-state index contributed by atoms with van der Waals surface area (Å²) in [5.74, 6) is -0.00103. The number of carbonyl (C=O) groups excluding carboxylic acids is 1. The molecule has 2 aromatic rings. The number of aromatic amines is 1. The number of rotatable bonds is 2. The average molecular weight is 314 g/mol. The quantitative estimate of drug-likeness (QED) is 0.926. The molecule has 0 saturated carbocycles. The smallest absolute Gasteiger partial charge is 0.228 e. The van der Waals surface area contributed by atoms with Crippen LogP contribution in [0.15, 0.2) is 30.5 Å². The largest absolute Gasteiger partial charge is 0.381 e. The molecule has 0 radical (unpaired) electrons. The molecule has 1 N–H and O–H groups in total. The van der Waals surface area contributed by atoms with Crippen LogP contribution in [0.5, 0.6) is 0 Å². The molecule has 4 rings (SSSR count). The fourth-order valence-corrected chi connectivity index (χ4v) is 3.47. The van der Waals surface area contributed by atoms with Gasteiger partial charge in [0.25, 0.3) is 0 Å². The van der Waals surface area contributed by atoms with Crippen LogP contribution in [-0.4, -0.2) is 42.1 Å². The Hall–Kier alpha value is -2.14. The Morgan fingerprint density at radius 1 is 1.39 bits per heavy atom. The van der Waals surface area contributed by atoms with Gasteiger partial charge in [0.15, 0.2) is 0 Å². The van der Waals surface area contributed by atoms with Crippen LogP contribution < -0.4 is 0 Å². The van der Waals surface area contributed by atoms with E-state index >= 15 is 0 Å². The van der Waals surface area contributed by atoms with E-state index in [1.54, 1.807) is 0 Å². The SMILES string of the molecule is O=C([C@H]1CCOC1)N1CC=C(c2c[nH]c3cc(F)ccc23)CC1. The highest BCUT2D eigenvalue weighted by Gasteiger charge is 2.29. The Balaban J connectivity index is 1.53. The molecular formula is C18H19FN2O2. The van der Waals surface area contributed by atoms with Crippen LogP contribution in [0, 0.1) is 11.7 Å². The molecule has 0 bridgehead atoms. The van der Waals surface area contributed by atoms with Crippen molar-refractivity contribution in [3.8, 4) is 0 Å². The molecule has 1 saturated heterocycles. The van der Waals surface area contributed by atoms with E-state index in [9.17, 15) is 9.18 Å². The van der Waals surface area contributed by atoms with Crippen molar-refractivity contribution in [2.45, 2.75) is 12.8 Å². The summed E-state index contributed by atoms with van der Waals surface area (Å²) in [6.07, 6.45) is 5.70. The highest BCUT2D eigenvalue weighted by Crippen LogP contribution is 2.30. The summed E-state index contributed by atoms with van der Waals surface area (Å²) in [5, 5.41) is 1.03. The van der Waals surface area contributed by atoms with Crippen molar-refractivity contribution in [3.63, 3.8) is 0 Å². The normalized spacial score (nSPS) is 21.7. The molecular weight excluding hydrogens is 295 g/mol. The Morgan fingerprint density at radius 2 is 2.30 bits per heavy atom. The second kappa shape index (κ2) is 5.81. The van der Waals surface area contributed by atoms with Crippen LogP contribution in [-0.2, 0) is 9.53 Å². The maximum Gasteiger partial charge on any atom is 0.228 e. The summed E-state index contributed by atoms with van der Waals surface area (Å²) in [5.41, 5.74) is 3.13. The van der Waals surface area contributed by atoms with Gasteiger partial charge in [0.2, 0.25) is 5.91 Å². The summed E-state index contributed by atoms with van der Waals surface area (Å²) in [6, 6.07) is 4.81. The Bertz CT molecular complexity index is 774. The second-order valence-electron chi connectivity index (χ2n) is 6.22. The fourth-order valence-electron chi connectivity index (χ4n) is 3.47. The number of aromatic nitrogens is 1. The van der Waals surface area contributed by atoms with Gasteiger partial charge >= 0.3 is 0 Å². The molecule has 2 aliphatic heterocycles. The average Bonchev–Trinajstić information content (AvgIpc) is 3.23. The van der Waals surface area contributed by atoms with Gasteiger partial charge < -0.3 is 14.6 Å². The zero-order chi connectivity index (χ0) is 15.8. The number of ether oxygens (including phenoxy) is 1. The van der Waals surface area contributed by atoms with Crippen molar-refractivity contribution < 1.29 is 13.9 Å². The minimum absolute atomic E-state index is 0.0287. The van der Waals surface area contributed by atoms with Gasteiger partial charge in [0.1, 0.15) is 5.82 Å². The summed E-state index contributed by atoms with van der Waals surface area (Å²) in [4.78, 5) is 17.5. The lowest BCUT2D eigenvalue weighted by Gasteiger charge is -2.28. The molecule has 1 amide bonds. The van der Waals surface area contributed by atoms with E-state index in [0.717, 1.165) is 35.9 Å². The standard InChI is InChI=1S/C18H19FN2O2/c19-14-1-2-15-16(10-20-17(15)9-14)12-3-6-21(7-4-12)18(22)13-5-8-23-11-13/h1-3,9-10,13,20H,4-8,11H2/t13-/m0/s1. The second-order valence-corrected chi connectivity index (χ2v) is 6.22. The number of fused-ring (bicyclic) bond motifs is 1. The van der Waals surface area contributed by atoms with Gasteiger partial charge in [-0.15, -0.1) is 0 Å². The van der Waals surface area contributed by atoms with Gasteiger partial charge in [-0.05, 0) is 36.6 Å². The first-order valence-corrected chi connectivity index (χ1v) is 8.05. The molecule has 23 heavy (non-hydrogen) atoms. The first-order chi connectivity index (χ1) is 11.2. The Morgan fingerprint density at radius 3 is 3.04 bits per heavy atom. The minimum Gasteiger partial charge on any atom is -0.381 e. The Kier molecular flexibility index (Phi) is 3.65. The number of hydrogen-bond acceptors (Lipinski definition) is 2. The summed E-state index contributed by atoms with van der Waals surface area (Å²) in [7, 11) is 0. The van der Waals surface area contributed by atoms with Gasteiger partial charge in [-0.1, -0.05) is 6.08 Å². The number of H-pyrrole nitrogens is 1. The first-order valence-electron chi connectivity index (χ1n) is 8.05. The van der Waals surface area contributed by atoms with Gasteiger partial charge in [-0.3, -0.25) is 4.79 Å². The number of nitrogens with zero attached hydrogens (tertiary/aromatic N) is 1. The lowest BCUT2D eigenvalue weighted by molar-refractivity contribution is -0.135. The number of carbonyl (C=O) groups is 1. The van der Waals surface area contributed by atoms with Crippen molar-refractivity contribution in [1.29, 1.82) is 0 Å². The number of amides is 1. The summed E-state index contributed by atoms with van der Waals surface area (Å²) < 4.78 is 18.6. The topological polar surface area (TPSA) is 45.3 Å². The third-order valence-electron chi connectivity index (χ3n) is 4.79. The molecule has 2 aliphatic rings. The number of benzene rings is 1. The molecule has 0 aliphatic carbocycles. The highest BCUT2D eigenvalue weighted by atomic mass is 19.1. The number of hydrogen-bond donors (Lipinski definition) is 1. The molecule has 3 heterocycles. The molecule has 1 atom stereocenters. The predicted octanol–water partition coefficient (Wildman–Crippen LogP) is 2.96. The van der Waals surface area contributed by atoms with Crippen LogP contribution in [0.1, 0.15) is 18.4 Å². The zero-order valence-corrected chi connectivity index (χ0v) is 12.8. The molecule has 0 unspecified atom stereocenters. The number of nitrogens with one attached hydrogen (secondary N) is 1. The summed E-state index contributed by atoms with van der Waals surface area (Å²) >= 11 is 0. The van der Waals surface area contributed by atoms with Gasteiger partial charge in [-0.25, -0.2) is 4.39 Å². The van der Waals surface area contributed by atoms with E-state index in [0.29, 0.717) is 19.8 Å². The van der Waals surface area contributed by atoms with E-state index in [1.165, 1.54) is 17.7 Å². The fraction of sp³-hybridized carbons (Fsp3) is 0.389. The zero-order valence-electron chi connectivity index (χ0n) is 12.8. The first kappa shape index (κ1) is 14.5. The van der Waals surface area contributed by atoms with E-state index < -0.39 is 0 Å². The monoisotopic (exact) mass is 314 g/mol. The van der Waals surface area contributed by atoms with Crippen LogP contribution in [0.3, 0.4) is 0 Å². The van der Waals surface area contributed by atoms with E-state index in [-0.39, 0.29) is 17.6 Å². The van der Waals surface area contributed by atoms with Crippen LogP contribution in [0.4, 0.5) is 4.39 Å². The van der Waals surface area contributed by atoms with Crippen molar-refractivity contribution in [3.05, 3.63) is 41.9 Å². The lowest BCUT2D eigenvalue weighted by atomic mass is 9.98. The van der Waals surface area contributed by atoms with E-state index in [1.807, 2.05) is 17.2 Å². The van der Waals surface area contributed by atoms with Crippen LogP contribution in [0.2, 0.25) is 0 Å². The van der Waals surface area contributed by atoms with Crippen molar-refractivity contribution in [2.75, 3.05) is 26.3 Å². The molecule has 1 aromatic carbocycles. The predicted molar refractivity (Wildman–Crippen MR) is 86.4 cm³/mol. The van der Waals surface area contributed by atoms with Gasteiger partial charge in [0, 0.05) is 42.4 Å². The maximum atomic E-state index is 13.3.